The molecule has 3 aliphatic rings. The third kappa shape index (κ3) is 6.73. The topological polar surface area (TPSA) is 121 Å². The maximum atomic E-state index is 14.2. The minimum Gasteiger partial charge on any atom is -0.479 e. The number of rotatable bonds is 5. The molecule has 1 aromatic heterocycles. The van der Waals surface area contributed by atoms with Crippen molar-refractivity contribution in [3.63, 3.8) is 0 Å². The number of carboxylic acids is 1. The number of halogens is 3. The minimum atomic E-state index is -4.55. The summed E-state index contributed by atoms with van der Waals surface area (Å²) < 4.78 is 47.5. The molecule has 3 aromatic rings. The summed E-state index contributed by atoms with van der Waals surface area (Å²) >= 11 is 1.34. The van der Waals surface area contributed by atoms with Gasteiger partial charge in [0.2, 0.25) is 11.8 Å². The maximum absolute atomic E-state index is 14.2. The van der Waals surface area contributed by atoms with E-state index in [0.29, 0.717) is 30.9 Å². The van der Waals surface area contributed by atoms with Gasteiger partial charge in [0.15, 0.2) is 0 Å². The maximum Gasteiger partial charge on any atom is 0.416 e. The summed E-state index contributed by atoms with van der Waals surface area (Å²) in [5, 5.41) is 16.3. The van der Waals surface area contributed by atoms with E-state index in [1.54, 1.807) is 0 Å². The molecule has 1 aliphatic carbocycles. The number of thiazole rings is 1. The van der Waals surface area contributed by atoms with Gasteiger partial charge in [-0.25, -0.2) is 9.78 Å². The summed E-state index contributed by atoms with van der Waals surface area (Å²) in [5.41, 5.74) is -1.30. The van der Waals surface area contributed by atoms with Gasteiger partial charge in [0.1, 0.15) is 23.7 Å². The normalized spacial score (nSPS) is 27.9. The molecule has 9 nitrogen and oxygen atoms in total. The Balaban J connectivity index is 1.29. The molecule has 13 heteroatoms. The van der Waals surface area contributed by atoms with E-state index in [2.05, 4.69) is 15.6 Å². The number of carboxylic acid groups (broad SMARTS) is 1. The molecule has 0 spiro atoms. The fraction of sp³-hybridized carbons (Fsp3) is 0.500. The molecule has 2 aromatic carbocycles. The lowest BCUT2D eigenvalue weighted by atomic mass is 10.0. The van der Waals surface area contributed by atoms with E-state index in [1.165, 1.54) is 28.4 Å². The second kappa shape index (κ2) is 12.5. The molecule has 45 heavy (non-hydrogen) atoms. The number of anilines is 1. The summed E-state index contributed by atoms with van der Waals surface area (Å²) in [6, 6.07) is 10.3. The molecule has 3 heterocycles. The molecule has 1 saturated carbocycles. The highest BCUT2D eigenvalue weighted by Crippen LogP contribution is 2.47. The number of carbonyl (C=O) groups excluding carboxylic acids is 2. The smallest absolute Gasteiger partial charge is 0.416 e. The highest BCUT2D eigenvalue weighted by molar-refractivity contribution is 7.20. The summed E-state index contributed by atoms with van der Waals surface area (Å²) in [5.74, 6) is -2.29. The lowest BCUT2D eigenvalue weighted by Gasteiger charge is -2.30. The molecule has 3 fully saturated rings. The van der Waals surface area contributed by atoms with Crippen molar-refractivity contribution in [2.45, 2.75) is 87.7 Å². The van der Waals surface area contributed by atoms with Gasteiger partial charge >= 0.3 is 12.1 Å². The SMILES string of the molecule is O=C1N[C@]2(C(=O)O)C[C@H]2CCCCCCC[C@H](Nc2cccc(C(F)(F)F)c2)C(=O)N2C[C@H](Oc3nc4ccccc4s3)C[C@@H]12. The number of nitrogens with one attached hydrogen (secondary N) is 2. The Hall–Kier alpha value is -3.87. The van der Waals surface area contributed by atoms with Crippen molar-refractivity contribution >= 4 is 45.0 Å². The number of benzene rings is 2. The van der Waals surface area contributed by atoms with Crippen LogP contribution in [0.25, 0.3) is 10.2 Å². The van der Waals surface area contributed by atoms with E-state index in [4.69, 9.17) is 4.74 Å². The number of para-hydroxylation sites is 1. The summed E-state index contributed by atoms with van der Waals surface area (Å²) in [4.78, 5) is 46.3. The molecule has 3 N–H and O–H groups in total. The first kappa shape index (κ1) is 31.1. The molecule has 0 unspecified atom stereocenters. The summed E-state index contributed by atoms with van der Waals surface area (Å²) in [6.07, 6.45) is 0.398. The number of nitrogens with zero attached hydrogens (tertiary/aromatic N) is 2. The Morgan fingerprint density at radius 1 is 1.07 bits per heavy atom. The molecule has 0 bridgehead atoms. The van der Waals surface area contributed by atoms with Crippen LogP contribution in [0.3, 0.4) is 0 Å². The van der Waals surface area contributed by atoms with Crippen molar-refractivity contribution in [3.8, 4) is 5.19 Å². The average Bonchev–Trinajstić information content (AvgIpc) is 3.31. The lowest BCUT2D eigenvalue weighted by molar-refractivity contribution is -0.145. The molecule has 0 radical (unpaired) electrons. The number of aliphatic carboxylic acids is 1. The first-order valence-electron chi connectivity index (χ1n) is 15.4. The average molecular weight is 645 g/mol. The zero-order valence-electron chi connectivity index (χ0n) is 24.5. The van der Waals surface area contributed by atoms with E-state index in [-0.39, 0.29) is 24.6 Å². The first-order chi connectivity index (χ1) is 21.5. The van der Waals surface area contributed by atoms with E-state index in [1.807, 2.05) is 24.3 Å². The molecule has 6 rings (SSSR count). The number of hydrogen-bond donors (Lipinski definition) is 3. The quantitative estimate of drug-likeness (QED) is 0.319. The lowest BCUT2D eigenvalue weighted by Crippen LogP contribution is -2.55. The summed E-state index contributed by atoms with van der Waals surface area (Å²) in [6.45, 7) is 0.0388. The Bertz CT molecular complexity index is 1550. The molecule has 240 valence electrons. The molecule has 2 aliphatic heterocycles. The predicted octanol–water partition coefficient (Wildman–Crippen LogP) is 5.85. The van der Waals surface area contributed by atoms with Crippen LogP contribution in [0.1, 0.15) is 63.4 Å². The van der Waals surface area contributed by atoms with Crippen molar-refractivity contribution in [3.05, 3.63) is 54.1 Å². The number of hydrogen-bond acceptors (Lipinski definition) is 7. The summed E-state index contributed by atoms with van der Waals surface area (Å²) in [7, 11) is 0. The van der Waals surface area contributed by atoms with Crippen LogP contribution in [0, 0.1) is 5.92 Å². The van der Waals surface area contributed by atoms with E-state index >= 15 is 0 Å². The van der Waals surface area contributed by atoms with Crippen LogP contribution in [-0.2, 0) is 20.6 Å². The van der Waals surface area contributed by atoms with Crippen molar-refractivity contribution in [2.24, 2.45) is 5.92 Å². The molecular weight excluding hydrogens is 609 g/mol. The molecule has 5 atom stereocenters. The van der Waals surface area contributed by atoms with Gasteiger partial charge in [-0.15, -0.1) is 0 Å². The number of ether oxygens (including phenoxy) is 1. The minimum absolute atomic E-state index is 0.0388. The van der Waals surface area contributed by atoms with Crippen molar-refractivity contribution in [1.29, 1.82) is 0 Å². The Kier molecular flexibility index (Phi) is 8.64. The number of carbonyl (C=O) groups is 3. The molecule has 2 saturated heterocycles. The third-order valence-corrected chi connectivity index (χ3v) is 10.0. The van der Waals surface area contributed by atoms with Crippen molar-refractivity contribution in [1.82, 2.24) is 15.2 Å². The van der Waals surface area contributed by atoms with Gasteiger partial charge in [-0.2, -0.15) is 13.2 Å². The molecule has 2 amide bonds. The second-order valence-corrected chi connectivity index (χ2v) is 13.2. The zero-order valence-corrected chi connectivity index (χ0v) is 25.3. The number of amides is 2. The largest absolute Gasteiger partial charge is 0.479 e. The van der Waals surface area contributed by atoms with Crippen molar-refractivity contribution in [2.75, 3.05) is 11.9 Å². The van der Waals surface area contributed by atoms with Crippen LogP contribution in [0.15, 0.2) is 48.5 Å². The van der Waals surface area contributed by atoms with E-state index in [0.717, 1.165) is 48.0 Å². The van der Waals surface area contributed by atoms with Crippen LogP contribution in [-0.4, -0.2) is 63.0 Å². The van der Waals surface area contributed by atoms with Crippen LogP contribution in [0.2, 0.25) is 0 Å². The Morgan fingerprint density at radius 3 is 2.58 bits per heavy atom. The number of aromatic nitrogens is 1. The van der Waals surface area contributed by atoms with Gasteiger partial charge in [0, 0.05) is 12.1 Å². The highest BCUT2D eigenvalue weighted by Gasteiger charge is 2.62. The first-order valence-corrected chi connectivity index (χ1v) is 16.2. The van der Waals surface area contributed by atoms with E-state index < -0.39 is 53.2 Å². The van der Waals surface area contributed by atoms with Crippen LogP contribution in [0.4, 0.5) is 18.9 Å². The second-order valence-electron chi connectivity index (χ2n) is 12.2. The zero-order chi connectivity index (χ0) is 31.8. The standard InChI is InChI=1S/C32H35F3N4O5S/c33-32(34,35)19-10-8-11-21(15-19)36-24-13-5-3-1-2-4-9-20-17-31(20,29(42)43)38-27(40)25-16-22(18-39(25)28(24)41)44-30-37-23-12-6-7-14-26(23)45-30/h6-8,10-12,14-15,20,22,24-25,36H,1-5,9,13,16-18H2,(H,38,40)(H,42,43)/t20-,22-,24+,25+,31-/m1/s1. The van der Waals surface area contributed by atoms with Gasteiger partial charge in [-0.1, -0.05) is 61.6 Å². The van der Waals surface area contributed by atoms with Gasteiger partial charge in [-0.3, -0.25) is 9.59 Å². The predicted molar refractivity (Wildman–Crippen MR) is 162 cm³/mol. The van der Waals surface area contributed by atoms with E-state index in [9.17, 15) is 32.7 Å². The van der Waals surface area contributed by atoms with Gasteiger partial charge in [-0.05, 0) is 55.5 Å². The van der Waals surface area contributed by atoms with Crippen LogP contribution in [0.5, 0.6) is 5.19 Å². The van der Waals surface area contributed by atoms with Gasteiger partial charge in [0.05, 0.1) is 22.3 Å². The van der Waals surface area contributed by atoms with Gasteiger partial charge < -0.3 is 25.4 Å². The fourth-order valence-electron chi connectivity index (χ4n) is 6.58. The fourth-order valence-corrected chi connectivity index (χ4v) is 7.46. The monoisotopic (exact) mass is 644 g/mol. The van der Waals surface area contributed by atoms with Crippen LogP contribution >= 0.6 is 11.3 Å². The number of fused-ring (bicyclic) bond motifs is 3. The molecular formula is C32H35F3N4O5S. The van der Waals surface area contributed by atoms with Gasteiger partial charge in [0.25, 0.3) is 5.19 Å². The Labute approximate surface area is 262 Å². The Morgan fingerprint density at radius 2 is 1.82 bits per heavy atom. The highest BCUT2D eigenvalue weighted by atomic mass is 32.1. The van der Waals surface area contributed by atoms with Crippen LogP contribution < -0.4 is 15.4 Å². The van der Waals surface area contributed by atoms with Crippen molar-refractivity contribution < 1.29 is 37.4 Å². The third-order valence-electron chi connectivity index (χ3n) is 9.10. The number of alkyl halides is 3.